The van der Waals surface area contributed by atoms with Gasteiger partial charge in [-0.15, -0.1) is 0 Å². The number of ketones is 1. The van der Waals surface area contributed by atoms with E-state index in [-0.39, 0.29) is 29.5 Å². The number of amides is 2. The van der Waals surface area contributed by atoms with Crippen molar-refractivity contribution in [2.24, 2.45) is 0 Å². The van der Waals surface area contributed by atoms with Crippen molar-refractivity contribution in [3.63, 3.8) is 0 Å². The van der Waals surface area contributed by atoms with Crippen LogP contribution in [0.5, 0.6) is 0 Å². The zero-order valence-electron chi connectivity index (χ0n) is 19.7. The highest BCUT2D eigenvalue weighted by atomic mass is 35.5. The van der Waals surface area contributed by atoms with E-state index in [1.165, 1.54) is 29.2 Å². The monoisotopic (exact) mass is 500 g/mol. The van der Waals surface area contributed by atoms with Crippen molar-refractivity contribution in [2.45, 2.75) is 26.8 Å². The lowest BCUT2D eigenvalue weighted by atomic mass is 10.0. The average Bonchev–Trinajstić information content (AvgIpc) is 3.32. The van der Waals surface area contributed by atoms with Gasteiger partial charge in [0.15, 0.2) is 5.78 Å². The Hall–Kier alpha value is -4.03. The van der Waals surface area contributed by atoms with E-state index in [0.29, 0.717) is 34.0 Å². The maximum Gasteiger partial charge on any atom is 0.261 e. The molecule has 0 saturated heterocycles. The van der Waals surface area contributed by atoms with E-state index in [4.69, 9.17) is 11.6 Å². The van der Waals surface area contributed by atoms with E-state index in [9.17, 15) is 18.8 Å². The summed E-state index contributed by atoms with van der Waals surface area (Å²) in [7, 11) is 0. The van der Waals surface area contributed by atoms with Crippen molar-refractivity contribution >= 4 is 29.2 Å². The van der Waals surface area contributed by atoms with E-state index in [1.54, 1.807) is 42.5 Å². The quantitative estimate of drug-likeness (QED) is 0.235. The molecule has 0 aliphatic carbocycles. The smallest absolute Gasteiger partial charge is 0.261 e. The Bertz CT molecular complexity index is 1520. The molecule has 2 amide bonds. The molecule has 0 unspecified atom stereocenters. The fourth-order valence-electron chi connectivity index (χ4n) is 4.76. The number of benzene rings is 3. The van der Waals surface area contributed by atoms with Gasteiger partial charge in [-0.3, -0.25) is 19.3 Å². The highest BCUT2D eigenvalue weighted by molar-refractivity contribution is 6.31. The second kappa shape index (κ2) is 9.21. The van der Waals surface area contributed by atoms with Gasteiger partial charge >= 0.3 is 0 Å². The van der Waals surface area contributed by atoms with E-state index in [2.05, 4.69) is 0 Å². The predicted octanol–water partition coefficient (Wildman–Crippen LogP) is 6.17. The third-order valence-corrected chi connectivity index (χ3v) is 6.81. The lowest BCUT2D eigenvalue weighted by Crippen LogP contribution is -2.30. The van der Waals surface area contributed by atoms with Crippen LogP contribution < -0.4 is 0 Å². The molecule has 0 atom stereocenters. The zero-order chi connectivity index (χ0) is 25.6. The van der Waals surface area contributed by atoms with Crippen LogP contribution >= 0.6 is 11.6 Å². The highest BCUT2D eigenvalue weighted by Gasteiger charge is 2.36. The van der Waals surface area contributed by atoms with Gasteiger partial charge in [-0.1, -0.05) is 42.8 Å². The minimum atomic E-state index is -0.627. The molecule has 1 aliphatic rings. The van der Waals surface area contributed by atoms with Crippen LogP contribution in [0.2, 0.25) is 5.02 Å². The number of imide groups is 1. The van der Waals surface area contributed by atoms with Crippen molar-refractivity contribution in [3.05, 3.63) is 123 Å². The lowest BCUT2D eigenvalue weighted by molar-refractivity contribution is 0.0639. The fourth-order valence-corrected chi connectivity index (χ4v) is 4.93. The van der Waals surface area contributed by atoms with Crippen LogP contribution in [-0.4, -0.2) is 27.1 Å². The van der Waals surface area contributed by atoms with Crippen molar-refractivity contribution in [3.8, 4) is 5.69 Å². The van der Waals surface area contributed by atoms with Gasteiger partial charge in [-0.05, 0) is 67.4 Å². The first-order valence-electron chi connectivity index (χ1n) is 11.6. The van der Waals surface area contributed by atoms with Crippen LogP contribution in [0.25, 0.3) is 5.69 Å². The third kappa shape index (κ3) is 3.84. The summed E-state index contributed by atoms with van der Waals surface area (Å²) >= 11 is 6.26. The Morgan fingerprint density at radius 2 is 1.53 bits per heavy atom. The summed E-state index contributed by atoms with van der Waals surface area (Å²) < 4.78 is 16.4. The van der Waals surface area contributed by atoms with Crippen molar-refractivity contribution < 1.29 is 18.8 Å². The van der Waals surface area contributed by atoms with Gasteiger partial charge in [0.05, 0.1) is 28.9 Å². The Labute approximate surface area is 212 Å². The Balaban J connectivity index is 1.64. The van der Waals surface area contributed by atoms with Gasteiger partial charge in [0.1, 0.15) is 5.82 Å². The van der Waals surface area contributed by atoms with E-state index in [1.807, 2.05) is 24.5 Å². The predicted molar refractivity (Wildman–Crippen MR) is 135 cm³/mol. The molecular weight excluding hydrogens is 479 g/mol. The van der Waals surface area contributed by atoms with Gasteiger partial charge < -0.3 is 4.57 Å². The summed E-state index contributed by atoms with van der Waals surface area (Å²) in [5.41, 5.74) is 3.90. The van der Waals surface area contributed by atoms with Crippen LogP contribution in [-0.2, 0) is 13.0 Å². The molecule has 1 aliphatic heterocycles. The summed E-state index contributed by atoms with van der Waals surface area (Å²) in [5, 5.41) is 0.334. The largest absolute Gasteiger partial charge is 0.315 e. The van der Waals surface area contributed by atoms with Crippen LogP contribution in [0.1, 0.15) is 60.5 Å². The maximum atomic E-state index is 14.5. The summed E-state index contributed by atoms with van der Waals surface area (Å²) in [4.78, 5) is 40.8. The molecule has 0 N–H and O–H groups in total. The number of hydrogen-bond donors (Lipinski definition) is 0. The topological polar surface area (TPSA) is 59.4 Å². The normalized spacial score (nSPS) is 12.8. The summed E-state index contributed by atoms with van der Waals surface area (Å²) in [6.45, 7) is 3.94. The molecule has 0 radical (unpaired) electrons. The van der Waals surface area contributed by atoms with E-state index >= 15 is 0 Å². The number of aryl methyl sites for hydroxylation is 1. The van der Waals surface area contributed by atoms with Crippen molar-refractivity contribution in [1.82, 2.24) is 9.47 Å². The van der Waals surface area contributed by atoms with Crippen LogP contribution in [0.4, 0.5) is 4.39 Å². The van der Waals surface area contributed by atoms with Gasteiger partial charge in [0.25, 0.3) is 11.8 Å². The number of carbonyl (C=O) groups is 3. The lowest BCUT2D eigenvalue weighted by Gasteiger charge is -2.19. The van der Waals surface area contributed by atoms with Crippen LogP contribution in [0.3, 0.4) is 0 Å². The average molecular weight is 501 g/mol. The van der Waals surface area contributed by atoms with Crippen LogP contribution in [0, 0.1) is 12.7 Å². The van der Waals surface area contributed by atoms with Crippen LogP contribution in [0.15, 0.2) is 72.8 Å². The molecule has 1 aromatic heterocycles. The number of rotatable bonds is 6. The van der Waals surface area contributed by atoms with Gasteiger partial charge in [0, 0.05) is 22.0 Å². The minimum absolute atomic E-state index is 0.0170. The Morgan fingerprint density at radius 1 is 0.889 bits per heavy atom. The van der Waals surface area contributed by atoms with Crippen molar-refractivity contribution in [1.29, 1.82) is 0 Å². The first-order chi connectivity index (χ1) is 17.3. The molecule has 36 heavy (non-hydrogen) atoms. The van der Waals surface area contributed by atoms with Gasteiger partial charge in [-0.25, -0.2) is 4.39 Å². The molecule has 2 heterocycles. The molecule has 5 rings (SSSR count). The number of nitrogens with zero attached hydrogens (tertiary/aromatic N) is 2. The highest BCUT2D eigenvalue weighted by Crippen LogP contribution is 2.31. The summed E-state index contributed by atoms with van der Waals surface area (Å²) in [6, 6.07) is 19.3. The maximum absolute atomic E-state index is 14.5. The van der Waals surface area contributed by atoms with Crippen molar-refractivity contribution in [2.75, 3.05) is 0 Å². The minimum Gasteiger partial charge on any atom is -0.315 e. The fraction of sp³-hybridized carbons (Fsp3) is 0.138. The van der Waals surface area contributed by atoms with E-state index in [0.717, 1.165) is 11.3 Å². The number of aromatic nitrogens is 1. The second-order valence-corrected chi connectivity index (χ2v) is 9.08. The SMILES string of the molecule is CCc1cc(CN2C(=O)c3ccccc3C2=O)n(-c2ccc(Cl)cc2C(=O)c2ccccc2F)c1C. The molecule has 7 heteroatoms. The first kappa shape index (κ1) is 23.7. The molecule has 0 bridgehead atoms. The summed E-state index contributed by atoms with van der Waals surface area (Å²) in [6.07, 6.45) is 0.706. The Morgan fingerprint density at radius 3 is 2.17 bits per heavy atom. The number of hydrogen-bond acceptors (Lipinski definition) is 3. The van der Waals surface area contributed by atoms with Gasteiger partial charge in [-0.2, -0.15) is 0 Å². The number of halogens is 2. The third-order valence-electron chi connectivity index (χ3n) is 6.57. The Kier molecular flexibility index (Phi) is 6.06. The molecule has 4 aromatic rings. The molecule has 3 aromatic carbocycles. The second-order valence-electron chi connectivity index (χ2n) is 8.65. The molecule has 0 spiro atoms. The zero-order valence-corrected chi connectivity index (χ0v) is 20.5. The molecule has 0 fully saturated rings. The standard InChI is InChI=1S/C29H22ClFN2O3/c1-3-18-14-20(16-32-28(35)21-8-4-5-9-22(21)29(32)36)33(17(18)2)26-13-12-19(30)15-24(26)27(34)23-10-6-7-11-25(23)31/h4-15H,3,16H2,1-2H3. The first-order valence-corrected chi connectivity index (χ1v) is 11.9. The van der Waals surface area contributed by atoms with Gasteiger partial charge in [0.2, 0.25) is 0 Å². The number of fused-ring (bicyclic) bond motifs is 1. The summed E-state index contributed by atoms with van der Waals surface area (Å²) in [5.74, 6) is -1.86. The molecule has 180 valence electrons. The number of carbonyl (C=O) groups excluding carboxylic acids is 3. The molecule has 0 saturated carbocycles. The molecular formula is C29H22ClFN2O3. The molecule has 5 nitrogen and oxygen atoms in total. The van der Waals surface area contributed by atoms with E-state index < -0.39 is 11.6 Å².